The minimum atomic E-state index is -0.421. The monoisotopic (exact) mass is 461 g/mol. The van der Waals surface area contributed by atoms with Crippen molar-refractivity contribution in [3.63, 3.8) is 0 Å². The number of hydrogen-bond acceptors (Lipinski definition) is 4. The van der Waals surface area contributed by atoms with E-state index in [0.717, 1.165) is 4.47 Å². The maximum atomic E-state index is 12.6. The molecule has 6 nitrogen and oxygen atoms in total. The molecule has 8 heteroatoms. The first-order chi connectivity index (χ1) is 13.5. The molecule has 2 aromatic rings. The molecule has 28 heavy (non-hydrogen) atoms. The quantitative estimate of drug-likeness (QED) is 0.430. The van der Waals surface area contributed by atoms with E-state index >= 15 is 0 Å². The molecule has 0 bridgehead atoms. The van der Waals surface area contributed by atoms with Gasteiger partial charge in [0.1, 0.15) is 5.75 Å². The lowest BCUT2D eigenvalue weighted by molar-refractivity contribution is 0.0955. The van der Waals surface area contributed by atoms with Crippen LogP contribution in [0, 0.1) is 0 Å². The highest BCUT2D eigenvalue weighted by atomic mass is 79.9. The van der Waals surface area contributed by atoms with Crippen molar-refractivity contribution in [3.05, 3.63) is 70.7 Å². The average Bonchev–Trinajstić information content (AvgIpc) is 2.67. The molecular formula is C20H20BrN3O3S. The Labute approximate surface area is 177 Å². The zero-order valence-electron chi connectivity index (χ0n) is 15.3. The van der Waals surface area contributed by atoms with Crippen molar-refractivity contribution in [1.82, 2.24) is 10.6 Å². The van der Waals surface area contributed by atoms with E-state index in [1.165, 1.54) is 0 Å². The van der Waals surface area contributed by atoms with E-state index < -0.39 is 5.91 Å². The fraction of sp³-hybridized carbons (Fsp3) is 0.150. The van der Waals surface area contributed by atoms with E-state index in [2.05, 4.69) is 38.5 Å². The first kappa shape index (κ1) is 21.6. The highest BCUT2D eigenvalue weighted by Gasteiger charge is 2.16. The molecule has 0 heterocycles. The van der Waals surface area contributed by atoms with Gasteiger partial charge in [-0.2, -0.15) is 0 Å². The molecule has 3 N–H and O–H groups in total. The van der Waals surface area contributed by atoms with Gasteiger partial charge < -0.3 is 15.4 Å². The summed E-state index contributed by atoms with van der Waals surface area (Å²) in [5, 5.41) is 8.28. The number of para-hydroxylation sites is 1. The molecule has 0 saturated heterocycles. The van der Waals surface area contributed by atoms with E-state index in [1.54, 1.807) is 48.5 Å². The second kappa shape index (κ2) is 10.6. The number of anilines is 1. The summed E-state index contributed by atoms with van der Waals surface area (Å²) in [6.45, 7) is 6.18. The number of nitrogens with one attached hydrogen (secondary N) is 3. The summed E-state index contributed by atoms with van der Waals surface area (Å²) in [5.41, 5.74) is 1.23. The zero-order chi connectivity index (χ0) is 20.5. The van der Waals surface area contributed by atoms with Crippen molar-refractivity contribution in [2.24, 2.45) is 0 Å². The molecule has 0 aliphatic rings. The second-order valence-electron chi connectivity index (χ2n) is 5.53. The summed E-state index contributed by atoms with van der Waals surface area (Å²) in [6, 6.07) is 12.0. The normalized spacial score (nSPS) is 9.93. The Morgan fingerprint density at radius 2 is 1.93 bits per heavy atom. The number of benzene rings is 2. The molecule has 0 fully saturated rings. The van der Waals surface area contributed by atoms with Gasteiger partial charge in [-0.25, -0.2) is 0 Å². The van der Waals surface area contributed by atoms with Crippen molar-refractivity contribution >= 4 is 50.8 Å². The molecule has 0 saturated carbocycles. The summed E-state index contributed by atoms with van der Waals surface area (Å²) in [6.07, 6.45) is 1.59. The maximum Gasteiger partial charge on any atom is 0.261 e. The second-order valence-corrected chi connectivity index (χ2v) is 6.85. The molecule has 0 aliphatic heterocycles. The Morgan fingerprint density at radius 3 is 2.64 bits per heavy atom. The lowest BCUT2D eigenvalue weighted by atomic mass is 10.1. The standard InChI is InChI=1S/C20H20BrN3O3S/c1-3-11-22-18(25)14-7-5-6-8-16(14)23-20(28)24-19(26)15-12-13(21)9-10-17(15)27-4-2/h3,5-10,12H,1,4,11H2,2H3,(H,22,25)(H2,23,24,26,28). The van der Waals surface area contributed by atoms with Crippen LogP contribution < -0.4 is 20.7 Å². The summed E-state index contributed by atoms with van der Waals surface area (Å²) >= 11 is 8.59. The molecule has 2 aromatic carbocycles. The number of amides is 2. The number of halogens is 1. The van der Waals surface area contributed by atoms with Gasteiger partial charge in [-0.05, 0) is 49.5 Å². The summed E-state index contributed by atoms with van der Waals surface area (Å²) in [5.74, 6) is -0.242. The Balaban J connectivity index is 2.13. The summed E-state index contributed by atoms with van der Waals surface area (Å²) in [7, 11) is 0. The molecule has 0 radical (unpaired) electrons. The Kier molecular flexibility index (Phi) is 8.16. The summed E-state index contributed by atoms with van der Waals surface area (Å²) < 4.78 is 6.23. The van der Waals surface area contributed by atoms with Crippen LogP contribution in [0.2, 0.25) is 0 Å². The minimum Gasteiger partial charge on any atom is -0.493 e. The number of hydrogen-bond donors (Lipinski definition) is 3. The molecule has 0 unspecified atom stereocenters. The van der Waals surface area contributed by atoms with Crippen molar-refractivity contribution in [3.8, 4) is 5.75 Å². The minimum absolute atomic E-state index is 0.0661. The van der Waals surface area contributed by atoms with Crippen LogP contribution in [0.3, 0.4) is 0 Å². The SMILES string of the molecule is C=CCNC(=O)c1ccccc1NC(=S)NC(=O)c1cc(Br)ccc1OCC. The smallest absolute Gasteiger partial charge is 0.261 e. The topological polar surface area (TPSA) is 79.5 Å². The van der Waals surface area contributed by atoms with Gasteiger partial charge in [-0.15, -0.1) is 6.58 Å². The number of ether oxygens (including phenoxy) is 1. The van der Waals surface area contributed by atoms with Crippen LogP contribution in [-0.2, 0) is 0 Å². The number of thiocarbonyl (C=S) groups is 1. The van der Waals surface area contributed by atoms with Crippen LogP contribution in [0.1, 0.15) is 27.6 Å². The van der Waals surface area contributed by atoms with Crippen LogP contribution in [0.4, 0.5) is 5.69 Å². The molecule has 0 atom stereocenters. The van der Waals surface area contributed by atoms with Gasteiger partial charge in [-0.1, -0.05) is 34.1 Å². The number of rotatable bonds is 7. The maximum absolute atomic E-state index is 12.6. The average molecular weight is 462 g/mol. The predicted octanol–water partition coefficient (Wildman–Crippen LogP) is 3.89. The van der Waals surface area contributed by atoms with Crippen molar-refractivity contribution in [2.75, 3.05) is 18.5 Å². The fourth-order valence-electron chi connectivity index (χ4n) is 2.34. The van der Waals surface area contributed by atoms with Crippen LogP contribution in [0.15, 0.2) is 59.6 Å². The predicted molar refractivity (Wildman–Crippen MR) is 118 cm³/mol. The number of carbonyl (C=O) groups is 2. The van der Waals surface area contributed by atoms with Crippen LogP contribution in [-0.4, -0.2) is 30.1 Å². The zero-order valence-corrected chi connectivity index (χ0v) is 17.7. The third-order valence-electron chi connectivity index (χ3n) is 3.54. The lowest BCUT2D eigenvalue weighted by Gasteiger charge is -2.14. The third-order valence-corrected chi connectivity index (χ3v) is 4.24. The molecular weight excluding hydrogens is 442 g/mol. The molecule has 0 spiro atoms. The molecule has 2 amide bonds. The fourth-order valence-corrected chi connectivity index (χ4v) is 2.90. The van der Waals surface area contributed by atoms with Gasteiger partial charge in [0.15, 0.2) is 5.11 Å². The highest BCUT2D eigenvalue weighted by molar-refractivity contribution is 9.10. The Bertz CT molecular complexity index is 902. The largest absolute Gasteiger partial charge is 0.493 e. The number of carbonyl (C=O) groups excluding carboxylic acids is 2. The van der Waals surface area contributed by atoms with Crippen molar-refractivity contribution < 1.29 is 14.3 Å². The molecule has 0 aromatic heterocycles. The summed E-state index contributed by atoms with van der Waals surface area (Å²) in [4.78, 5) is 24.9. The Morgan fingerprint density at radius 1 is 1.18 bits per heavy atom. The van der Waals surface area contributed by atoms with E-state index in [0.29, 0.717) is 35.7 Å². The van der Waals surface area contributed by atoms with Gasteiger partial charge in [0.2, 0.25) is 0 Å². The first-order valence-corrected chi connectivity index (χ1v) is 9.69. The van der Waals surface area contributed by atoms with Gasteiger partial charge in [0.25, 0.3) is 11.8 Å². The van der Waals surface area contributed by atoms with E-state index in [1.807, 2.05) is 6.92 Å². The van der Waals surface area contributed by atoms with Gasteiger partial charge in [0, 0.05) is 11.0 Å². The van der Waals surface area contributed by atoms with E-state index in [4.69, 9.17) is 17.0 Å². The lowest BCUT2D eigenvalue weighted by Crippen LogP contribution is -2.35. The van der Waals surface area contributed by atoms with Gasteiger partial charge in [-0.3, -0.25) is 14.9 Å². The Hall–Kier alpha value is -2.71. The van der Waals surface area contributed by atoms with Crippen molar-refractivity contribution in [2.45, 2.75) is 6.92 Å². The molecule has 2 rings (SSSR count). The van der Waals surface area contributed by atoms with E-state index in [9.17, 15) is 9.59 Å². The highest BCUT2D eigenvalue weighted by Crippen LogP contribution is 2.23. The van der Waals surface area contributed by atoms with Crippen LogP contribution in [0.5, 0.6) is 5.75 Å². The van der Waals surface area contributed by atoms with Crippen molar-refractivity contribution in [1.29, 1.82) is 0 Å². The molecule has 146 valence electrons. The molecule has 0 aliphatic carbocycles. The van der Waals surface area contributed by atoms with Gasteiger partial charge >= 0.3 is 0 Å². The van der Waals surface area contributed by atoms with Gasteiger partial charge in [0.05, 0.1) is 23.4 Å². The van der Waals surface area contributed by atoms with Crippen LogP contribution >= 0.6 is 28.1 Å². The third kappa shape index (κ3) is 5.90. The first-order valence-electron chi connectivity index (χ1n) is 8.49. The van der Waals surface area contributed by atoms with E-state index in [-0.39, 0.29) is 11.0 Å². The van der Waals surface area contributed by atoms with Crippen LogP contribution in [0.25, 0.3) is 0 Å².